The van der Waals surface area contributed by atoms with Gasteiger partial charge in [-0.25, -0.2) is 0 Å². The minimum Gasteiger partial charge on any atom is -0.395 e. The van der Waals surface area contributed by atoms with E-state index < -0.39 is 0 Å². The molecule has 0 aliphatic carbocycles. The molecule has 3 nitrogen and oxygen atoms in total. The molecule has 0 aromatic carbocycles. The monoisotopic (exact) mass is 155 g/mol. The molecule has 11 heavy (non-hydrogen) atoms. The molecule has 0 bridgehead atoms. The van der Waals surface area contributed by atoms with Gasteiger partial charge in [0, 0.05) is 0 Å². The van der Waals surface area contributed by atoms with E-state index in [-0.39, 0.29) is 5.41 Å². The van der Waals surface area contributed by atoms with Crippen LogP contribution in [0.5, 0.6) is 0 Å². The first-order chi connectivity index (χ1) is 5.21. The predicted octanol–water partition coefficient (Wildman–Crippen LogP) is 1.19. The van der Waals surface area contributed by atoms with Crippen LogP contribution in [0.3, 0.4) is 0 Å². The van der Waals surface area contributed by atoms with Crippen LogP contribution in [0.25, 0.3) is 0 Å². The fraction of sp³-hybridized carbons (Fsp3) is 0.875. The van der Waals surface area contributed by atoms with Gasteiger partial charge in [0.2, 0.25) is 0 Å². The van der Waals surface area contributed by atoms with Gasteiger partial charge >= 0.3 is 0 Å². The first-order valence-electron chi connectivity index (χ1n) is 4.02. The van der Waals surface area contributed by atoms with E-state index in [2.05, 4.69) is 19.0 Å². The lowest BCUT2D eigenvalue weighted by atomic mass is 9.80. The molecule has 2 atom stereocenters. The molecule has 3 heteroatoms. The van der Waals surface area contributed by atoms with Crippen LogP contribution in [-0.4, -0.2) is 25.0 Å². The van der Waals surface area contributed by atoms with Gasteiger partial charge in [-0.3, -0.25) is 0 Å². The lowest BCUT2D eigenvalue weighted by molar-refractivity contribution is 0.0298. The van der Waals surface area contributed by atoms with Crippen molar-refractivity contribution in [1.29, 1.82) is 0 Å². The van der Waals surface area contributed by atoms with E-state index in [4.69, 9.17) is 9.57 Å². The molecule has 0 saturated carbocycles. The van der Waals surface area contributed by atoms with Gasteiger partial charge in [-0.2, -0.15) is 0 Å². The normalized spacial score (nSPS) is 42.7. The largest absolute Gasteiger partial charge is 0.395 e. The molecule has 2 aliphatic heterocycles. The summed E-state index contributed by atoms with van der Waals surface area (Å²) < 4.78 is 5.45. The van der Waals surface area contributed by atoms with E-state index in [9.17, 15) is 0 Å². The number of hydrogen-bond donors (Lipinski definition) is 0. The van der Waals surface area contributed by atoms with Gasteiger partial charge < -0.3 is 9.57 Å². The van der Waals surface area contributed by atoms with Gasteiger partial charge in [-0.15, -0.1) is 0 Å². The van der Waals surface area contributed by atoms with E-state index in [0.717, 1.165) is 18.7 Å². The van der Waals surface area contributed by atoms with Crippen molar-refractivity contribution in [1.82, 2.24) is 0 Å². The highest BCUT2D eigenvalue weighted by Gasteiger charge is 2.41. The summed E-state index contributed by atoms with van der Waals surface area (Å²) in [6.07, 6.45) is 1.38. The lowest BCUT2D eigenvalue weighted by Crippen LogP contribution is -2.40. The molecule has 0 aromatic heterocycles. The second kappa shape index (κ2) is 2.21. The summed E-state index contributed by atoms with van der Waals surface area (Å²) in [6, 6.07) is 0. The number of nitrogens with zero attached hydrogens (tertiary/aromatic N) is 1. The van der Waals surface area contributed by atoms with Gasteiger partial charge in [-0.05, 0) is 13.3 Å². The summed E-state index contributed by atoms with van der Waals surface area (Å²) >= 11 is 0. The minimum absolute atomic E-state index is 0.164. The zero-order valence-corrected chi connectivity index (χ0v) is 6.96. The summed E-state index contributed by atoms with van der Waals surface area (Å²) in [4.78, 5) is 5.05. The molecule has 62 valence electrons. The Hall–Kier alpha value is -0.570. The Morgan fingerprint density at radius 2 is 2.45 bits per heavy atom. The van der Waals surface area contributed by atoms with Crippen LogP contribution in [-0.2, 0) is 9.57 Å². The molecule has 0 spiro atoms. The molecular weight excluding hydrogens is 142 g/mol. The minimum atomic E-state index is 0.164. The molecule has 1 fully saturated rings. The maximum absolute atomic E-state index is 5.45. The molecule has 0 N–H and O–H groups in total. The fourth-order valence-electron chi connectivity index (χ4n) is 1.74. The molecule has 2 heterocycles. The van der Waals surface area contributed by atoms with E-state index in [1.165, 1.54) is 0 Å². The van der Waals surface area contributed by atoms with Crippen molar-refractivity contribution in [3.63, 3.8) is 0 Å². The van der Waals surface area contributed by atoms with Crippen molar-refractivity contribution in [2.75, 3.05) is 13.2 Å². The van der Waals surface area contributed by atoms with E-state index in [1.54, 1.807) is 0 Å². The first-order valence-corrected chi connectivity index (χ1v) is 4.02. The van der Waals surface area contributed by atoms with Crippen molar-refractivity contribution in [2.24, 2.45) is 10.6 Å². The van der Waals surface area contributed by atoms with Crippen LogP contribution in [0.15, 0.2) is 5.16 Å². The van der Waals surface area contributed by atoms with Crippen LogP contribution >= 0.6 is 0 Å². The first kappa shape index (κ1) is 7.10. The van der Waals surface area contributed by atoms with Crippen LogP contribution in [0.4, 0.5) is 0 Å². The number of rotatable bonds is 0. The van der Waals surface area contributed by atoms with Gasteiger partial charge in [0.25, 0.3) is 0 Å². The van der Waals surface area contributed by atoms with Crippen LogP contribution in [0.1, 0.15) is 20.3 Å². The quantitative estimate of drug-likeness (QED) is 0.526. The molecule has 0 aromatic rings. The third-order valence-corrected chi connectivity index (χ3v) is 2.50. The highest BCUT2D eigenvalue weighted by molar-refractivity contribution is 5.92. The zero-order valence-electron chi connectivity index (χ0n) is 6.96. The lowest BCUT2D eigenvalue weighted by Gasteiger charge is -2.32. The Morgan fingerprint density at radius 1 is 1.64 bits per heavy atom. The molecule has 2 rings (SSSR count). The van der Waals surface area contributed by atoms with Crippen molar-refractivity contribution >= 4 is 5.71 Å². The smallest absolute Gasteiger partial charge is 0.128 e. The zero-order chi connectivity index (χ0) is 7.90. The summed E-state index contributed by atoms with van der Waals surface area (Å²) in [5.41, 5.74) is 1.24. The number of oxime groups is 1. The third-order valence-electron chi connectivity index (χ3n) is 2.50. The Bertz CT molecular complexity index is 202. The molecule has 0 amide bonds. The van der Waals surface area contributed by atoms with Crippen molar-refractivity contribution in [2.45, 2.75) is 26.4 Å². The van der Waals surface area contributed by atoms with Crippen LogP contribution < -0.4 is 0 Å². The van der Waals surface area contributed by atoms with Gasteiger partial charge in [0.15, 0.2) is 0 Å². The summed E-state index contributed by atoms with van der Waals surface area (Å²) in [6.45, 7) is 5.67. The van der Waals surface area contributed by atoms with E-state index in [0.29, 0.717) is 12.7 Å². The SMILES string of the molecule is C[C@H]1CC2(C)CON=C2CO1. The van der Waals surface area contributed by atoms with Crippen LogP contribution in [0, 0.1) is 5.41 Å². The number of hydrogen-bond acceptors (Lipinski definition) is 3. The Balaban J connectivity index is 2.19. The Kier molecular flexibility index (Phi) is 1.42. The van der Waals surface area contributed by atoms with Crippen molar-refractivity contribution in [3.05, 3.63) is 0 Å². The topological polar surface area (TPSA) is 30.8 Å². The highest BCUT2D eigenvalue weighted by atomic mass is 16.6. The predicted molar refractivity (Wildman–Crippen MR) is 41.5 cm³/mol. The summed E-state index contributed by atoms with van der Waals surface area (Å²) in [5.74, 6) is 0. The highest BCUT2D eigenvalue weighted by Crippen LogP contribution is 2.34. The summed E-state index contributed by atoms with van der Waals surface area (Å²) in [5, 5.41) is 3.96. The Labute approximate surface area is 66.4 Å². The number of ether oxygens (including phenoxy) is 1. The fourth-order valence-corrected chi connectivity index (χ4v) is 1.74. The van der Waals surface area contributed by atoms with E-state index >= 15 is 0 Å². The standard InChI is InChI=1S/C8H13NO2/c1-6-3-8(2)5-11-9-7(8)4-10-6/h6H,3-5H2,1-2H3/t6-,8?/m0/s1. The maximum atomic E-state index is 5.45. The Morgan fingerprint density at radius 3 is 3.27 bits per heavy atom. The van der Waals surface area contributed by atoms with Crippen molar-refractivity contribution < 1.29 is 9.57 Å². The van der Waals surface area contributed by atoms with Gasteiger partial charge in [0.05, 0.1) is 23.8 Å². The van der Waals surface area contributed by atoms with Crippen LogP contribution in [0.2, 0.25) is 0 Å². The number of fused-ring (bicyclic) bond motifs is 1. The average molecular weight is 155 g/mol. The third kappa shape index (κ3) is 1.03. The van der Waals surface area contributed by atoms with E-state index in [1.807, 2.05) is 0 Å². The van der Waals surface area contributed by atoms with Crippen molar-refractivity contribution in [3.8, 4) is 0 Å². The average Bonchev–Trinajstić information content (AvgIpc) is 2.28. The van der Waals surface area contributed by atoms with Gasteiger partial charge in [-0.1, -0.05) is 12.1 Å². The second-order valence-corrected chi connectivity index (χ2v) is 3.70. The second-order valence-electron chi connectivity index (χ2n) is 3.70. The maximum Gasteiger partial charge on any atom is 0.128 e. The molecule has 0 radical (unpaired) electrons. The molecular formula is C8H13NO2. The summed E-state index contributed by atoms with van der Waals surface area (Å²) in [7, 11) is 0. The molecule has 1 saturated heterocycles. The molecule has 2 aliphatic rings. The van der Waals surface area contributed by atoms with Gasteiger partial charge in [0.1, 0.15) is 6.61 Å². The molecule has 1 unspecified atom stereocenters.